The van der Waals surface area contributed by atoms with E-state index in [1.165, 1.54) is 35.8 Å². The highest BCUT2D eigenvalue weighted by Crippen LogP contribution is 2.28. The van der Waals surface area contributed by atoms with Crippen molar-refractivity contribution in [2.45, 2.75) is 49.6 Å². The number of ether oxygens (including phenoxy) is 1. The van der Waals surface area contributed by atoms with Crippen LogP contribution in [0.5, 0.6) is 5.75 Å². The van der Waals surface area contributed by atoms with Crippen LogP contribution in [0.3, 0.4) is 0 Å². The van der Waals surface area contributed by atoms with E-state index in [1.807, 2.05) is 51.3 Å². The summed E-state index contributed by atoms with van der Waals surface area (Å²) in [6.07, 6.45) is 2.27. The summed E-state index contributed by atoms with van der Waals surface area (Å²) in [5.74, 6) is -0.215. The van der Waals surface area contributed by atoms with Crippen molar-refractivity contribution < 1.29 is 22.7 Å². The molecule has 0 fully saturated rings. The molecule has 3 aromatic rings. The fourth-order valence-electron chi connectivity index (χ4n) is 4.37. The lowest BCUT2D eigenvalue weighted by Crippen LogP contribution is -2.51. The fourth-order valence-corrected chi connectivity index (χ4v) is 6.19. The number of thioether (sulfide) groups is 1. The number of nitrogens with zero attached hydrogens (tertiary/aromatic N) is 2. The third kappa shape index (κ3) is 7.57. The van der Waals surface area contributed by atoms with E-state index in [4.69, 9.17) is 4.74 Å². The Kier molecular flexibility index (Phi) is 11.0. The van der Waals surface area contributed by atoms with E-state index in [0.29, 0.717) is 24.5 Å². The Bertz CT molecular complexity index is 1390. The first-order valence-corrected chi connectivity index (χ1v) is 15.8. The van der Waals surface area contributed by atoms with Crippen LogP contribution in [0.2, 0.25) is 0 Å². The van der Waals surface area contributed by atoms with E-state index in [1.54, 1.807) is 36.4 Å². The summed E-state index contributed by atoms with van der Waals surface area (Å²) < 4.78 is 34.6. The molecule has 0 radical (unpaired) electrons. The van der Waals surface area contributed by atoms with Crippen LogP contribution in [-0.4, -0.2) is 57.6 Å². The number of nitrogens with one attached hydrogen (secondary N) is 1. The summed E-state index contributed by atoms with van der Waals surface area (Å²) in [5.41, 5.74) is 2.18. The molecule has 1 unspecified atom stereocenters. The fraction of sp³-hybridized carbons (Fsp3) is 0.333. The zero-order valence-electron chi connectivity index (χ0n) is 23.6. The van der Waals surface area contributed by atoms with Crippen molar-refractivity contribution in [2.24, 2.45) is 0 Å². The first kappa shape index (κ1) is 31.0. The Hall–Kier alpha value is -3.50. The number of likely N-dealkylation sites (N-methyl/N-ethyl adjacent to an activating group) is 1. The number of carbonyl (C=O) groups excluding carboxylic acids is 2. The lowest BCUT2D eigenvalue weighted by molar-refractivity contribution is -0.140. The standard InChI is InChI=1S/C30H37N3O5S2/c1-6-28(30(35)31-4)32(20-23-10-8-9-22(3)19-23)29(34)21-33(24-11-13-25(14-12-24)38-7-2)40(36,37)27-17-15-26(39-5)16-18-27/h8-19,28H,6-7,20-21H2,1-5H3,(H,31,35). The third-order valence-electron chi connectivity index (χ3n) is 6.43. The van der Waals surface area contributed by atoms with Gasteiger partial charge in [0.2, 0.25) is 11.8 Å². The normalized spacial score (nSPS) is 11.9. The minimum absolute atomic E-state index is 0.0653. The minimum atomic E-state index is -4.14. The Morgan fingerprint density at radius 2 is 1.68 bits per heavy atom. The molecular formula is C30H37N3O5S2. The summed E-state index contributed by atoms with van der Waals surface area (Å²) >= 11 is 1.51. The van der Waals surface area contributed by atoms with Crippen molar-refractivity contribution in [3.8, 4) is 5.75 Å². The molecule has 0 aliphatic rings. The van der Waals surface area contributed by atoms with Gasteiger partial charge in [-0.1, -0.05) is 36.8 Å². The van der Waals surface area contributed by atoms with E-state index in [9.17, 15) is 18.0 Å². The highest BCUT2D eigenvalue weighted by atomic mass is 32.2. The molecule has 1 atom stereocenters. The molecule has 0 saturated carbocycles. The van der Waals surface area contributed by atoms with E-state index in [-0.39, 0.29) is 17.3 Å². The molecule has 40 heavy (non-hydrogen) atoms. The Morgan fingerprint density at radius 3 is 2.23 bits per heavy atom. The molecule has 214 valence electrons. The number of benzene rings is 3. The first-order chi connectivity index (χ1) is 19.1. The topological polar surface area (TPSA) is 96.0 Å². The monoisotopic (exact) mass is 583 g/mol. The maximum Gasteiger partial charge on any atom is 0.264 e. The summed E-state index contributed by atoms with van der Waals surface area (Å²) in [6.45, 7) is 5.78. The van der Waals surface area contributed by atoms with Crippen LogP contribution in [0.1, 0.15) is 31.4 Å². The number of hydrogen-bond donors (Lipinski definition) is 1. The molecule has 8 nitrogen and oxygen atoms in total. The van der Waals surface area contributed by atoms with Crippen LogP contribution >= 0.6 is 11.8 Å². The maximum atomic E-state index is 14.0. The van der Waals surface area contributed by atoms with E-state index in [0.717, 1.165) is 20.3 Å². The largest absolute Gasteiger partial charge is 0.494 e. The average molecular weight is 584 g/mol. The van der Waals surface area contributed by atoms with Crippen molar-refractivity contribution in [3.05, 3.63) is 83.9 Å². The summed E-state index contributed by atoms with van der Waals surface area (Å²) in [6, 6.07) is 20.0. The van der Waals surface area contributed by atoms with Crippen LogP contribution < -0.4 is 14.4 Å². The second-order valence-corrected chi connectivity index (χ2v) is 11.9. The van der Waals surface area contributed by atoms with Crippen LogP contribution in [0.25, 0.3) is 0 Å². The van der Waals surface area contributed by atoms with E-state index < -0.39 is 28.5 Å². The quantitative estimate of drug-likeness (QED) is 0.289. The molecule has 0 aliphatic heterocycles. The number of amides is 2. The van der Waals surface area contributed by atoms with E-state index >= 15 is 0 Å². The summed E-state index contributed by atoms with van der Waals surface area (Å²) in [5, 5.41) is 2.64. The smallest absolute Gasteiger partial charge is 0.264 e. The van der Waals surface area contributed by atoms with Gasteiger partial charge in [-0.25, -0.2) is 8.42 Å². The number of aryl methyl sites for hydroxylation is 1. The van der Waals surface area contributed by atoms with Crippen LogP contribution in [0.15, 0.2) is 82.6 Å². The predicted molar refractivity (Wildman–Crippen MR) is 160 cm³/mol. The van der Waals surface area contributed by atoms with Gasteiger partial charge in [0.25, 0.3) is 10.0 Å². The molecule has 2 amide bonds. The molecule has 3 aromatic carbocycles. The van der Waals surface area contributed by atoms with Gasteiger partial charge in [-0.15, -0.1) is 11.8 Å². The molecule has 3 rings (SSSR count). The Labute approximate surface area is 241 Å². The van der Waals surface area contributed by atoms with Gasteiger partial charge in [-0.3, -0.25) is 13.9 Å². The van der Waals surface area contributed by atoms with Gasteiger partial charge in [-0.05, 0) is 80.6 Å². The van der Waals surface area contributed by atoms with Gasteiger partial charge in [0, 0.05) is 18.5 Å². The molecular weight excluding hydrogens is 546 g/mol. The molecule has 0 saturated heterocycles. The van der Waals surface area contributed by atoms with Crippen molar-refractivity contribution in [3.63, 3.8) is 0 Å². The first-order valence-electron chi connectivity index (χ1n) is 13.1. The van der Waals surface area contributed by atoms with Gasteiger partial charge < -0.3 is 15.0 Å². The predicted octanol–water partition coefficient (Wildman–Crippen LogP) is 4.86. The molecule has 0 aromatic heterocycles. The van der Waals surface area contributed by atoms with Crippen molar-refractivity contribution in [1.82, 2.24) is 10.2 Å². The summed E-state index contributed by atoms with van der Waals surface area (Å²) in [4.78, 5) is 29.3. The van der Waals surface area contributed by atoms with Crippen LogP contribution in [-0.2, 0) is 26.2 Å². The Morgan fingerprint density at radius 1 is 1.00 bits per heavy atom. The number of anilines is 1. The van der Waals surface area contributed by atoms with Gasteiger partial charge in [0.15, 0.2) is 0 Å². The minimum Gasteiger partial charge on any atom is -0.494 e. The zero-order valence-corrected chi connectivity index (χ0v) is 25.2. The third-order valence-corrected chi connectivity index (χ3v) is 8.96. The molecule has 0 bridgehead atoms. The maximum absolute atomic E-state index is 14.0. The highest BCUT2D eigenvalue weighted by Gasteiger charge is 2.33. The van der Waals surface area contributed by atoms with Crippen molar-refractivity contribution >= 4 is 39.3 Å². The van der Waals surface area contributed by atoms with Gasteiger partial charge in [0.05, 0.1) is 17.2 Å². The Balaban J connectivity index is 2.06. The highest BCUT2D eigenvalue weighted by molar-refractivity contribution is 7.98. The lowest BCUT2D eigenvalue weighted by Gasteiger charge is -2.33. The molecule has 1 N–H and O–H groups in total. The number of sulfonamides is 1. The zero-order chi connectivity index (χ0) is 29.3. The van der Waals surface area contributed by atoms with Crippen molar-refractivity contribution in [2.75, 3.05) is 30.8 Å². The average Bonchev–Trinajstić information content (AvgIpc) is 2.96. The number of carbonyl (C=O) groups is 2. The van der Waals surface area contributed by atoms with E-state index in [2.05, 4.69) is 5.32 Å². The SMILES string of the molecule is CCOc1ccc(N(CC(=O)N(Cc2cccc(C)c2)C(CC)C(=O)NC)S(=O)(=O)c2ccc(SC)cc2)cc1. The lowest BCUT2D eigenvalue weighted by atomic mass is 10.1. The molecule has 0 aliphatic carbocycles. The second kappa shape index (κ2) is 14.2. The number of rotatable bonds is 13. The van der Waals surface area contributed by atoms with Gasteiger partial charge >= 0.3 is 0 Å². The second-order valence-electron chi connectivity index (χ2n) is 9.16. The molecule has 10 heteroatoms. The van der Waals surface area contributed by atoms with Crippen LogP contribution in [0, 0.1) is 6.92 Å². The molecule has 0 heterocycles. The molecule has 0 spiro atoms. The van der Waals surface area contributed by atoms with Crippen LogP contribution in [0.4, 0.5) is 5.69 Å². The van der Waals surface area contributed by atoms with Gasteiger partial charge in [0.1, 0.15) is 18.3 Å². The van der Waals surface area contributed by atoms with Gasteiger partial charge in [-0.2, -0.15) is 0 Å². The summed E-state index contributed by atoms with van der Waals surface area (Å²) in [7, 11) is -2.61. The number of hydrogen-bond acceptors (Lipinski definition) is 6. The van der Waals surface area contributed by atoms with Crippen molar-refractivity contribution in [1.29, 1.82) is 0 Å².